The van der Waals surface area contributed by atoms with Gasteiger partial charge in [-0.05, 0) is 97.7 Å². The number of carbonyl (C=O) groups is 3. The maximum absolute atomic E-state index is 12.8. The zero-order valence-corrected chi connectivity index (χ0v) is 39.6. The summed E-state index contributed by atoms with van der Waals surface area (Å²) in [6, 6.07) is 0. The quantitative estimate of drug-likeness (QED) is 0.0483. The Morgan fingerprint density at radius 1 is 0.500 bits per heavy atom. The van der Waals surface area contributed by atoms with Crippen molar-refractivity contribution >= 4 is 17.8 Å². The van der Waals surface area contributed by atoms with E-state index in [2.05, 4.69) is 31.0 Å². The third-order valence-electron chi connectivity index (χ3n) is 11.8. The summed E-state index contributed by atoms with van der Waals surface area (Å²) in [5.74, 6) is -0.101. The molecule has 8 heteroatoms. The fourth-order valence-corrected chi connectivity index (χ4v) is 7.54. The van der Waals surface area contributed by atoms with E-state index < -0.39 is 5.60 Å². The Balaban J connectivity index is 4.47. The van der Waals surface area contributed by atoms with Crippen LogP contribution in [0.25, 0.3) is 0 Å². The Bertz CT molecular complexity index is 912. The Kier molecular flexibility index (Phi) is 40.8. The summed E-state index contributed by atoms with van der Waals surface area (Å²) >= 11 is 0. The summed E-state index contributed by atoms with van der Waals surface area (Å²) in [4.78, 5) is 40.0. The normalized spacial score (nSPS) is 11.8. The molecule has 1 N–H and O–H groups in total. The molecule has 0 spiro atoms. The number of hydrogen-bond acceptors (Lipinski definition) is 7. The molecule has 0 fully saturated rings. The fourth-order valence-electron chi connectivity index (χ4n) is 7.54. The van der Waals surface area contributed by atoms with Gasteiger partial charge in [-0.1, -0.05) is 162 Å². The van der Waals surface area contributed by atoms with Crippen molar-refractivity contribution in [3.63, 3.8) is 0 Å². The van der Waals surface area contributed by atoms with Gasteiger partial charge in [-0.2, -0.15) is 0 Å². The van der Waals surface area contributed by atoms with Gasteiger partial charge in [0.15, 0.2) is 0 Å². The van der Waals surface area contributed by atoms with E-state index in [-0.39, 0.29) is 23.9 Å². The summed E-state index contributed by atoms with van der Waals surface area (Å²) in [6.45, 7) is 14.6. The highest BCUT2D eigenvalue weighted by molar-refractivity contribution is 5.84. The van der Waals surface area contributed by atoms with Gasteiger partial charge >= 0.3 is 11.9 Å². The third kappa shape index (κ3) is 37.3. The van der Waals surface area contributed by atoms with Crippen LogP contribution < -0.4 is 5.32 Å². The minimum atomic E-state index is -0.816. The average molecular weight is 823 g/mol. The lowest BCUT2D eigenvalue weighted by Crippen LogP contribution is -2.44. The fraction of sp³-hybridized carbons (Fsp3) is 0.940. The van der Waals surface area contributed by atoms with Crippen molar-refractivity contribution in [2.24, 2.45) is 0 Å². The van der Waals surface area contributed by atoms with Crippen LogP contribution in [-0.2, 0) is 28.6 Å². The summed E-state index contributed by atoms with van der Waals surface area (Å²) < 4.78 is 16.8. The van der Waals surface area contributed by atoms with Crippen LogP contribution in [0.15, 0.2) is 0 Å². The number of nitrogens with one attached hydrogen (secondary N) is 1. The molecule has 344 valence electrons. The molecule has 0 heterocycles. The van der Waals surface area contributed by atoms with Gasteiger partial charge < -0.3 is 24.4 Å². The van der Waals surface area contributed by atoms with Gasteiger partial charge in [-0.25, -0.2) is 0 Å². The molecule has 0 aromatic carbocycles. The van der Waals surface area contributed by atoms with Crippen LogP contribution in [-0.4, -0.2) is 74.3 Å². The second-order valence-electron chi connectivity index (χ2n) is 17.8. The largest absolute Gasteiger partial charge is 0.466 e. The lowest BCUT2D eigenvalue weighted by atomic mass is 10.0. The number of hydrogen-bond donors (Lipinski definition) is 1. The predicted molar refractivity (Wildman–Crippen MR) is 245 cm³/mol. The number of unbranched alkanes of at least 4 members (excludes halogenated alkanes) is 24. The van der Waals surface area contributed by atoms with Crippen LogP contribution in [0.5, 0.6) is 0 Å². The van der Waals surface area contributed by atoms with E-state index in [0.717, 1.165) is 116 Å². The number of nitrogens with zero attached hydrogens (tertiary/aromatic N) is 1. The number of esters is 2. The number of amides is 1. The monoisotopic (exact) mass is 823 g/mol. The van der Waals surface area contributed by atoms with Crippen LogP contribution in [0.4, 0.5) is 0 Å². The van der Waals surface area contributed by atoms with Crippen molar-refractivity contribution in [2.45, 2.75) is 265 Å². The Morgan fingerprint density at radius 2 is 0.897 bits per heavy atom. The minimum Gasteiger partial charge on any atom is -0.466 e. The molecule has 0 rings (SSSR count). The smallest absolute Gasteiger partial charge is 0.306 e. The van der Waals surface area contributed by atoms with E-state index in [1.807, 2.05) is 0 Å². The second kappa shape index (κ2) is 42.0. The van der Waals surface area contributed by atoms with E-state index in [1.165, 1.54) is 109 Å². The molecule has 0 aliphatic heterocycles. The first-order valence-corrected chi connectivity index (χ1v) is 25.1. The van der Waals surface area contributed by atoms with Crippen molar-refractivity contribution in [3.05, 3.63) is 0 Å². The average Bonchev–Trinajstić information content (AvgIpc) is 3.21. The predicted octanol–water partition coefficient (Wildman–Crippen LogP) is 13.6. The molecule has 58 heavy (non-hydrogen) atoms. The molecular weight excluding hydrogens is 725 g/mol. The van der Waals surface area contributed by atoms with E-state index in [1.54, 1.807) is 21.0 Å². The molecule has 0 atom stereocenters. The second-order valence-corrected chi connectivity index (χ2v) is 17.8. The van der Waals surface area contributed by atoms with E-state index in [4.69, 9.17) is 14.2 Å². The standard InChI is InChI=1S/C50H98N2O6/c1-7-10-13-16-19-28-35-45-57-47(53)39-31-24-20-26-33-42-52(44-36-41-51-49(55)50(4,5)56-6)43-34-27-21-25-32-40-48(54)58-46(37-29-22-17-14-11-8-2)38-30-23-18-15-12-9-3/h46H,7-45H2,1-6H3,(H,51,55). The number of rotatable bonds is 45. The van der Waals surface area contributed by atoms with Crippen molar-refractivity contribution < 1.29 is 28.6 Å². The van der Waals surface area contributed by atoms with Crippen LogP contribution in [0.1, 0.15) is 253 Å². The van der Waals surface area contributed by atoms with Crippen molar-refractivity contribution in [2.75, 3.05) is 39.9 Å². The maximum Gasteiger partial charge on any atom is 0.306 e. The highest BCUT2D eigenvalue weighted by atomic mass is 16.5. The first-order chi connectivity index (χ1) is 28.2. The molecule has 1 amide bonds. The van der Waals surface area contributed by atoms with Gasteiger partial charge in [0.1, 0.15) is 11.7 Å². The number of ether oxygens (including phenoxy) is 3. The zero-order valence-electron chi connectivity index (χ0n) is 39.6. The Morgan fingerprint density at radius 3 is 1.38 bits per heavy atom. The van der Waals surface area contributed by atoms with Gasteiger partial charge in [0.2, 0.25) is 0 Å². The summed E-state index contributed by atoms with van der Waals surface area (Å²) in [5.41, 5.74) is -0.816. The summed E-state index contributed by atoms with van der Waals surface area (Å²) in [6.07, 6.45) is 38.9. The first kappa shape index (κ1) is 56.3. The van der Waals surface area contributed by atoms with Gasteiger partial charge in [-0.3, -0.25) is 14.4 Å². The van der Waals surface area contributed by atoms with Gasteiger partial charge in [0.05, 0.1) is 6.61 Å². The summed E-state index contributed by atoms with van der Waals surface area (Å²) in [7, 11) is 1.57. The first-order valence-electron chi connectivity index (χ1n) is 25.1. The van der Waals surface area contributed by atoms with Crippen LogP contribution in [0.2, 0.25) is 0 Å². The topological polar surface area (TPSA) is 94.2 Å². The van der Waals surface area contributed by atoms with Crippen LogP contribution >= 0.6 is 0 Å². The van der Waals surface area contributed by atoms with Crippen molar-refractivity contribution in [1.82, 2.24) is 10.2 Å². The lowest BCUT2D eigenvalue weighted by molar-refractivity contribution is -0.150. The van der Waals surface area contributed by atoms with Crippen LogP contribution in [0.3, 0.4) is 0 Å². The molecule has 0 saturated carbocycles. The molecule has 0 aliphatic carbocycles. The van der Waals surface area contributed by atoms with Gasteiger partial charge in [-0.15, -0.1) is 0 Å². The molecule has 0 unspecified atom stereocenters. The lowest BCUT2D eigenvalue weighted by Gasteiger charge is -2.24. The van der Waals surface area contributed by atoms with Crippen molar-refractivity contribution in [1.29, 1.82) is 0 Å². The number of carbonyl (C=O) groups excluding carboxylic acids is 3. The number of methoxy groups -OCH3 is 1. The van der Waals surface area contributed by atoms with Crippen molar-refractivity contribution in [3.8, 4) is 0 Å². The van der Waals surface area contributed by atoms with E-state index in [9.17, 15) is 14.4 Å². The highest BCUT2D eigenvalue weighted by Crippen LogP contribution is 2.19. The Hall–Kier alpha value is -1.67. The zero-order chi connectivity index (χ0) is 42.8. The molecular formula is C50H98N2O6. The molecule has 0 aromatic heterocycles. The maximum atomic E-state index is 12.8. The SMILES string of the molecule is CCCCCCCCCOC(=O)CCCCCCCN(CCCCCCCC(=O)OC(CCCCCCCC)CCCCCCCC)CCCNC(=O)C(C)(C)OC. The van der Waals surface area contributed by atoms with Crippen LogP contribution in [0, 0.1) is 0 Å². The highest BCUT2D eigenvalue weighted by Gasteiger charge is 2.26. The molecule has 0 aliphatic rings. The van der Waals surface area contributed by atoms with Gasteiger partial charge in [0.25, 0.3) is 5.91 Å². The molecule has 0 saturated heterocycles. The summed E-state index contributed by atoms with van der Waals surface area (Å²) in [5, 5.41) is 3.04. The molecule has 0 aromatic rings. The Labute approximate surface area is 360 Å². The van der Waals surface area contributed by atoms with Gasteiger partial charge in [0, 0.05) is 26.5 Å². The van der Waals surface area contributed by atoms with E-state index >= 15 is 0 Å². The molecule has 8 nitrogen and oxygen atoms in total. The minimum absolute atomic E-state index is 0.00727. The molecule has 0 bridgehead atoms. The molecule has 0 radical (unpaired) electrons. The van der Waals surface area contributed by atoms with E-state index in [0.29, 0.717) is 26.0 Å². The third-order valence-corrected chi connectivity index (χ3v) is 11.8.